The number of benzene rings is 1. The summed E-state index contributed by atoms with van der Waals surface area (Å²) in [6, 6.07) is 9.68. The van der Waals surface area contributed by atoms with Crippen LogP contribution in [0.5, 0.6) is 0 Å². The number of tetrazole rings is 1. The fourth-order valence-electron chi connectivity index (χ4n) is 2.88. The van der Waals surface area contributed by atoms with Crippen molar-refractivity contribution in [3.63, 3.8) is 0 Å². The van der Waals surface area contributed by atoms with Crippen LogP contribution in [0.2, 0.25) is 0 Å². The van der Waals surface area contributed by atoms with Gasteiger partial charge in [0.2, 0.25) is 11.7 Å². The third kappa shape index (κ3) is 2.72. The first-order chi connectivity index (χ1) is 11.2. The summed E-state index contributed by atoms with van der Waals surface area (Å²) in [4.78, 5) is 5.85. The van der Waals surface area contributed by atoms with Crippen LogP contribution in [-0.2, 0) is 12.1 Å². The van der Waals surface area contributed by atoms with E-state index in [9.17, 15) is 0 Å². The second-order valence-corrected chi connectivity index (χ2v) is 5.88. The van der Waals surface area contributed by atoms with Crippen molar-refractivity contribution in [3.05, 3.63) is 42.0 Å². The zero-order chi connectivity index (χ0) is 15.7. The lowest BCUT2D eigenvalue weighted by Crippen LogP contribution is -2.34. The van der Waals surface area contributed by atoms with Gasteiger partial charge in [-0.05, 0) is 18.1 Å². The molecule has 0 atom stereocenters. The Hall–Kier alpha value is -2.61. The molecule has 1 fully saturated rings. The first kappa shape index (κ1) is 14.0. The number of hydrogen-bond donors (Lipinski definition) is 1. The quantitative estimate of drug-likeness (QED) is 0.777. The average Bonchev–Trinajstić information content (AvgIpc) is 3.30. The van der Waals surface area contributed by atoms with Crippen LogP contribution in [-0.4, -0.2) is 30.3 Å². The molecule has 2 heterocycles. The summed E-state index contributed by atoms with van der Waals surface area (Å²) in [6.07, 6.45) is 3.99. The predicted octanol–water partition coefficient (Wildman–Crippen LogP) is 1.50. The highest BCUT2D eigenvalue weighted by Gasteiger charge is 2.36. The van der Waals surface area contributed by atoms with Crippen LogP contribution in [0.15, 0.2) is 34.9 Å². The molecule has 0 amide bonds. The smallest absolute Gasteiger partial charge is 0.250 e. The minimum Gasteiger partial charge on any atom is -0.337 e. The Kier molecular flexibility index (Phi) is 3.38. The normalized spacial score (nSPS) is 16.7. The minimum absolute atomic E-state index is 0.281. The van der Waals surface area contributed by atoms with Gasteiger partial charge in [0, 0.05) is 5.56 Å². The molecule has 1 aliphatic carbocycles. The Morgan fingerprint density at radius 2 is 1.96 bits per heavy atom. The third-order valence-electron chi connectivity index (χ3n) is 4.17. The Bertz CT molecular complexity index is 789. The fourth-order valence-corrected chi connectivity index (χ4v) is 2.88. The van der Waals surface area contributed by atoms with E-state index in [0.717, 1.165) is 31.2 Å². The van der Waals surface area contributed by atoms with Gasteiger partial charge in [-0.3, -0.25) is 0 Å². The van der Waals surface area contributed by atoms with Crippen molar-refractivity contribution in [1.82, 2.24) is 30.3 Å². The molecule has 1 aliphatic rings. The van der Waals surface area contributed by atoms with Gasteiger partial charge in [-0.2, -0.15) is 9.78 Å². The molecule has 118 valence electrons. The van der Waals surface area contributed by atoms with Crippen LogP contribution in [0.1, 0.15) is 37.4 Å². The molecular formula is C15H17N7O. The molecule has 8 heteroatoms. The second kappa shape index (κ2) is 5.54. The maximum absolute atomic E-state index is 6.33. The van der Waals surface area contributed by atoms with E-state index in [1.807, 2.05) is 30.3 Å². The molecule has 4 rings (SSSR count). The largest absolute Gasteiger partial charge is 0.337 e. The van der Waals surface area contributed by atoms with Crippen LogP contribution in [0, 0.1) is 0 Å². The Balaban J connectivity index is 1.51. The predicted molar refractivity (Wildman–Crippen MR) is 81.0 cm³/mol. The molecule has 1 aromatic carbocycles. The van der Waals surface area contributed by atoms with E-state index >= 15 is 0 Å². The topological polar surface area (TPSA) is 109 Å². The van der Waals surface area contributed by atoms with Crippen LogP contribution in [0.3, 0.4) is 0 Å². The summed E-state index contributed by atoms with van der Waals surface area (Å²) >= 11 is 0. The van der Waals surface area contributed by atoms with E-state index in [0.29, 0.717) is 17.5 Å². The lowest BCUT2D eigenvalue weighted by atomic mass is 9.99. The lowest BCUT2D eigenvalue weighted by Gasteiger charge is -2.17. The van der Waals surface area contributed by atoms with Gasteiger partial charge in [-0.1, -0.05) is 48.3 Å². The van der Waals surface area contributed by atoms with Crippen molar-refractivity contribution in [2.75, 3.05) is 0 Å². The van der Waals surface area contributed by atoms with Crippen molar-refractivity contribution < 1.29 is 4.52 Å². The highest BCUT2D eigenvalue weighted by atomic mass is 16.5. The number of hydrogen-bond acceptors (Lipinski definition) is 7. The number of aromatic nitrogens is 6. The summed E-state index contributed by atoms with van der Waals surface area (Å²) in [6.45, 7) is 0.281. The zero-order valence-electron chi connectivity index (χ0n) is 12.6. The van der Waals surface area contributed by atoms with Crippen LogP contribution < -0.4 is 5.73 Å². The molecular weight excluding hydrogens is 294 g/mol. The standard InChI is InChI=1S/C15H17N7O/c16-15(8-4-5-9-15)14-17-12(23-20-14)10-22-19-13(18-21-22)11-6-2-1-3-7-11/h1-3,6-7H,4-5,8-10,16H2. The highest BCUT2D eigenvalue weighted by molar-refractivity contribution is 5.52. The van der Waals surface area contributed by atoms with E-state index < -0.39 is 5.54 Å². The molecule has 0 aliphatic heterocycles. The SMILES string of the molecule is NC1(c2noc(Cn3nnc(-c4ccccc4)n3)n2)CCCC1. The molecule has 0 unspecified atom stereocenters. The molecule has 0 bridgehead atoms. The van der Waals surface area contributed by atoms with E-state index in [1.165, 1.54) is 4.80 Å². The van der Waals surface area contributed by atoms with Crippen molar-refractivity contribution >= 4 is 0 Å². The number of nitrogens with zero attached hydrogens (tertiary/aromatic N) is 6. The summed E-state index contributed by atoms with van der Waals surface area (Å²) < 4.78 is 5.29. The van der Waals surface area contributed by atoms with Crippen molar-refractivity contribution in [1.29, 1.82) is 0 Å². The average molecular weight is 311 g/mol. The number of rotatable bonds is 4. The van der Waals surface area contributed by atoms with Gasteiger partial charge in [-0.15, -0.1) is 10.2 Å². The summed E-state index contributed by atoms with van der Waals surface area (Å²) in [5.41, 5.74) is 6.79. The molecule has 2 aromatic heterocycles. The van der Waals surface area contributed by atoms with Gasteiger partial charge in [0.05, 0.1) is 5.54 Å². The summed E-state index contributed by atoms with van der Waals surface area (Å²) in [5.74, 6) is 1.58. The van der Waals surface area contributed by atoms with Crippen LogP contribution in [0.4, 0.5) is 0 Å². The molecule has 3 aromatic rings. The molecule has 8 nitrogen and oxygen atoms in total. The molecule has 0 spiro atoms. The van der Waals surface area contributed by atoms with Crippen LogP contribution in [0.25, 0.3) is 11.4 Å². The Morgan fingerprint density at radius 3 is 2.74 bits per heavy atom. The lowest BCUT2D eigenvalue weighted by molar-refractivity contribution is 0.336. The fraction of sp³-hybridized carbons (Fsp3) is 0.400. The van der Waals surface area contributed by atoms with Crippen molar-refractivity contribution in [2.45, 2.75) is 37.8 Å². The molecule has 23 heavy (non-hydrogen) atoms. The van der Waals surface area contributed by atoms with E-state index in [4.69, 9.17) is 10.3 Å². The first-order valence-electron chi connectivity index (χ1n) is 7.68. The summed E-state index contributed by atoms with van der Waals surface area (Å²) in [7, 11) is 0. The molecule has 2 N–H and O–H groups in total. The van der Waals surface area contributed by atoms with Crippen LogP contribution >= 0.6 is 0 Å². The highest BCUT2D eigenvalue weighted by Crippen LogP contribution is 2.34. The zero-order valence-corrected chi connectivity index (χ0v) is 12.6. The molecule has 1 saturated carbocycles. The van der Waals surface area contributed by atoms with Gasteiger partial charge in [0.25, 0.3) is 0 Å². The Labute approximate surface area is 132 Å². The Morgan fingerprint density at radius 1 is 1.17 bits per heavy atom. The van der Waals surface area contributed by atoms with E-state index in [-0.39, 0.29) is 6.54 Å². The van der Waals surface area contributed by atoms with Gasteiger partial charge < -0.3 is 10.3 Å². The van der Waals surface area contributed by atoms with Crippen molar-refractivity contribution in [3.8, 4) is 11.4 Å². The minimum atomic E-state index is -0.452. The van der Waals surface area contributed by atoms with E-state index in [2.05, 4.69) is 25.6 Å². The monoisotopic (exact) mass is 311 g/mol. The maximum Gasteiger partial charge on any atom is 0.250 e. The second-order valence-electron chi connectivity index (χ2n) is 5.88. The van der Waals surface area contributed by atoms with E-state index in [1.54, 1.807) is 0 Å². The maximum atomic E-state index is 6.33. The number of nitrogens with two attached hydrogens (primary N) is 1. The molecule has 0 radical (unpaired) electrons. The summed E-state index contributed by atoms with van der Waals surface area (Å²) in [5, 5.41) is 16.4. The van der Waals surface area contributed by atoms with Gasteiger partial charge >= 0.3 is 0 Å². The van der Waals surface area contributed by atoms with Crippen molar-refractivity contribution in [2.24, 2.45) is 5.73 Å². The van der Waals surface area contributed by atoms with Gasteiger partial charge in [-0.25, -0.2) is 0 Å². The molecule has 0 saturated heterocycles. The van der Waals surface area contributed by atoms with Gasteiger partial charge in [0.1, 0.15) is 6.54 Å². The van der Waals surface area contributed by atoms with Gasteiger partial charge in [0.15, 0.2) is 5.82 Å². The first-order valence-corrected chi connectivity index (χ1v) is 7.68. The third-order valence-corrected chi connectivity index (χ3v) is 4.17.